The Bertz CT molecular complexity index is 893. The lowest BCUT2D eigenvalue weighted by atomic mass is 10.2. The molecule has 0 unspecified atom stereocenters. The number of furan rings is 2. The summed E-state index contributed by atoms with van der Waals surface area (Å²) in [6.07, 6.45) is 3.05. The summed E-state index contributed by atoms with van der Waals surface area (Å²) in [5, 5.41) is 23.4. The Hall–Kier alpha value is -2.81. The lowest BCUT2D eigenvalue weighted by Gasteiger charge is -2.04. The minimum atomic E-state index is -1.19. The molecule has 3 aromatic heterocycles. The van der Waals surface area contributed by atoms with Crippen molar-refractivity contribution in [3.8, 4) is 11.4 Å². The summed E-state index contributed by atoms with van der Waals surface area (Å²) >= 11 is 0.972. The Labute approximate surface area is 141 Å². The number of thioether (sulfide) groups is 1. The summed E-state index contributed by atoms with van der Waals surface area (Å²) < 4.78 is 12.2. The number of nitrogens with zero attached hydrogens (tertiary/aromatic N) is 4. The predicted molar refractivity (Wildman–Crippen MR) is 84.6 cm³/mol. The highest BCUT2D eigenvalue weighted by molar-refractivity contribution is 7.99. The van der Waals surface area contributed by atoms with Gasteiger partial charge in [-0.2, -0.15) is 9.78 Å². The molecule has 24 heavy (non-hydrogen) atoms. The lowest BCUT2D eigenvalue weighted by molar-refractivity contribution is -0.301. The minimum absolute atomic E-state index is 0.252. The molecule has 8 nitrogen and oxygen atoms in total. The standard InChI is InChI=1S/C15H14N4O4S/c1-9-3-4-11(23-9)7-16-19-14(12-5-6-22-10(12)2)17-18-15(19)24-8-13(20)21/h3-7H,8H2,1-2H3,(H,20,21)/p-1/b16-7-. The van der Waals surface area contributed by atoms with Crippen molar-refractivity contribution in [3.05, 3.63) is 41.7 Å². The number of carbonyl (C=O) groups excluding carboxylic acids is 1. The number of rotatable bonds is 6. The smallest absolute Gasteiger partial charge is 0.212 e. The summed E-state index contributed by atoms with van der Waals surface area (Å²) in [4.78, 5) is 10.7. The van der Waals surface area contributed by atoms with Gasteiger partial charge in [-0.1, -0.05) is 11.8 Å². The third-order valence-electron chi connectivity index (χ3n) is 3.09. The molecule has 0 fully saturated rings. The Kier molecular flexibility index (Phi) is 4.52. The van der Waals surface area contributed by atoms with Gasteiger partial charge in [-0.3, -0.25) is 0 Å². The molecule has 124 valence electrons. The van der Waals surface area contributed by atoms with Gasteiger partial charge in [0.25, 0.3) is 0 Å². The van der Waals surface area contributed by atoms with Gasteiger partial charge >= 0.3 is 0 Å². The van der Waals surface area contributed by atoms with E-state index in [0.29, 0.717) is 22.5 Å². The van der Waals surface area contributed by atoms with E-state index in [1.54, 1.807) is 19.1 Å². The quantitative estimate of drug-likeness (QED) is 0.491. The van der Waals surface area contributed by atoms with Gasteiger partial charge in [0, 0.05) is 5.75 Å². The van der Waals surface area contributed by atoms with Gasteiger partial charge in [-0.15, -0.1) is 10.2 Å². The molecule has 0 atom stereocenters. The van der Waals surface area contributed by atoms with Crippen molar-refractivity contribution in [1.29, 1.82) is 0 Å². The topological polar surface area (TPSA) is 109 Å². The maximum absolute atomic E-state index is 10.7. The Balaban J connectivity index is 1.99. The SMILES string of the molecule is Cc1ccc(/C=N\n2c(SCC(=O)[O-])nnc2-c2ccoc2C)o1. The van der Waals surface area contributed by atoms with Crippen LogP contribution in [-0.4, -0.2) is 32.8 Å². The predicted octanol–water partition coefficient (Wildman–Crippen LogP) is 1.47. The van der Waals surface area contributed by atoms with Crippen molar-refractivity contribution in [1.82, 2.24) is 14.9 Å². The average molecular weight is 345 g/mol. The number of aryl methyl sites for hydroxylation is 2. The summed E-state index contributed by atoms with van der Waals surface area (Å²) in [5.74, 6) is 0.981. The van der Waals surface area contributed by atoms with Crippen LogP contribution in [0.3, 0.4) is 0 Å². The fraction of sp³-hybridized carbons (Fsp3) is 0.200. The van der Waals surface area contributed by atoms with E-state index in [9.17, 15) is 9.90 Å². The number of hydrogen-bond donors (Lipinski definition) is 0. The van der Waals surface area contributed by atoms with Crippen LogP contribution in [0, 0.1) is 13.8 Å². The van der Waals surface area contributed by atoms with E-state index in [1.165, 1.54) is 17.2 Å². The number of aromatic nitrogens is 3. The van der Waals surface area contributed by atoms with E-state index in [4.69, 9.17) is 8.83 Å². The molecule has 3 heterocycles. The van der Waals surface area contributed by atoms with Gasteiger partial charge in [0.1, 0.15) is 17.3 Å². The molecule has 0 spiro atoms. The number of hydrogen-bond acceptors (Lipinski definition) is 8. The zero-order chi connectivity index (χ0) is 17.1. The number of carbonyl (C=O) groups is 1. The highest BCUT2D eigenvalue weighted by atomic mass is 32.2. The maximum atomic E-state index is 10.7. The number of aliphatic carboxylic acids is 1. The lowest BCUT2D eigenvalue weighted by Crippen LogP contribution is -2.24. The van der Waals surface area contributed by atoms with Gasteiger partial charge in [0.2, 0.25) is 5.16 Å². The molecular formula is C15H13N4O4S-. The molecule has 0 amide bonds. The highest BCUT2D eigenvalue weighted by Gasteiger charge is 2.17. The average Bonchev–Trinajstić information content (AvgIpc) is 3.23. The van der Waals surface area contributed by atoms with Crippen LogP contribution in [0.15, 0.2) is 43.6 Å². The zero-order valence-electron chi connectivity index (χ0n) is 12.9. The van der Waals surface area contributed by atoms with Crippen molar-refractivity contribution >= 4 is 23.9 Å². The van der Waals surface area contributed by atoms with Crippen molar-refractivity contribution in [2.24, 2.45) is 5.10 Å². The second-order valence-corrected chi connectivity index (χ2v) is 5.80. The van der Waals surface area contributed by atoms with Gasteiger partial charge < -0.3 is 18.7 Å². The molecule has 0 aliphatic heterocycles. The normalized spacial score (nSPS) is 11.4. The van der Waals surface area contributed by atoms with Crippen LogP contribution >= 0.6 is 11.8 Å². The molecule has 3 rings (SSSR count). The highest BCUT2D eigenvalue weighted by Crippen LogP contribution is 2.26. The third-order valence-corrected chi connectivity index (χ3v) is 3.99. The Morgan fingerprint density at radius 1 is 1.38 bits per heavy atom. The van der Waals surface area contributed by atoms with Crippen LogP contribution in [0.4, 0.5) is 0 Å². The Morgan fingerprint density at radius 3 is 2.83 bits per heavy atom. The molecule has 0 aliphatic carbocycles. The first-order valence-corrected chi connectivity index (χ1v) is 7.96. The Morgan fingerprint density at radius 2 is 2.21 bits per heavy atom. The molecule has 0 radical (unpaired) electrons. The summed E-state index contributed by atoms with van der Waals surface area (Å²) in [6.45, 7) is 3.62. The molecule has 0 aliphatic rings. The molecule has 0 N–H and O–H groups in total. The second-order valence-electron chi connectivity index (χ2n) is 4.86. The first-order chi connectivity index (χ1) is 11.5. The van der Waals surface area contributed by atoms with E-state index in [0.717, 1.165) is 23.1 Å². The molecule has 0 saturated carbocycles. The van der Waals surface area contributed by atoms with E-state index in [2.05, 4.69) is 15.3 Å². The minimum Gasteiger partial charge on any atom is -0.549 e. The summed E-state index contributed by atoms with van der Waals surface area (Å²) in [7, 11) is 0. The van der Waals surface area contributed by atoms with E-state index in [1.807, 2.05) is 13.0 Å². The zero-order valence-corrected chi connectivity index (χ0v) is 13.7. The van der Waals surface area contributed by atoms with Crippen LogP contribution in [0.25, 0.3) is 11.4 Å². The van der Waals surface area contributed by atoms with Crippen LogP contribution in [-0.2, 0) is 4.79 Å². The molecular weight excluding hydrogens is 332 g/mol. The second kappa shape index (κ2) is 6.75. The fourth-order valence-electron chi connectivity index (χ4n) is 2.01. The van der Waals surface area contributed by atoms with Crippen LogP contribution in [0.1, 0.15) is 17.3 Å². The first kappa shape index (κ1) is 16.1. The molecule has 0 saturated heterocycles. The third kappa shape index (κ3) is 3.40. The number of carboxylic acids is 1. The molecule has 0 aromatic carbocycles. The van der Waals surface area contributed by atoms with Gasteiger partial charge in [-0.05, 0) is 32.0 Å². The monoisotopic (exact) mass is 345 g/mol. The first-order valence-electron chi connectivity index (χ1n) is 6.98. The van der Waals surface area contributed by atoms with Crippen LogP contribution in [0.5, 0.6) is 0 Å². The van der Waals surface area contributed by atoms with Gasteiger partial charge in [0.15, 0.2) is 5.82 Å². The van der Waals surface area contributed by atoms with Gasteiger partial charge in [0.05, 0.1) is 24.0 Å². The maximum Gasteiger partial charge on any atom is 0.212 e. The molecule has 9 heteroatoms. The van der Waals surface area contributed by atoms with Crippen molar-refractivity contribution in [2.45, 2.75) is 19.0 Å². The summed E-state index contributed by atoms with van der Waals surface area (Å²) in [5.41, 5.74) is 0.718. The van der Waals surface area contributed by atoms with Crippen molar-refractivity contribution < 1.29 is 18.7 Å². The van der Waals surface area contributed by atoms with E-state index < -0.39 is 5.97 Å². The van der Waals surface area contributed by atoms with Crippen molar-refractivity contribution in [3.63, 3.8) is 0 Å². The van der Waals surface area contributed by atoms with Crippen LogP contribution < -0.4 is 5.11 Å². The summed E-state index contributed by atoms with van der Waals surface area (Å²) in [6, 6.07) is 5.34. The fourth-order valence-corrected chi connectivity index (χ4v) is 2.61. The van der Waals surface area contributed by atoms with Crippen LogP contribution in [0.2, 0.25) is 0 Å². The molecule has 3 aromatic rings. The van der Waals surface area contributed by atoms with Crippen molar-refractivity contribution in [2.75, 3.05) is 5.75 Å². The van der Waals surface area contributed by atoms with E-state index >= 15 is 0 Å². The molecule has 0 bridgehead atoms. The van der Waals surface area contributed by atoms with E-state index in [-0.39, 0.29) is 5.75 Å². The number of carboxylic acid groups (broad SMARTS) is 1. The van der Waals surface area contributed by atoms with Gasteiger partial charge in [-0.25, -0.2) is 0 Å². The largest absolute Gasteiger partial charge is 0.549 e.